The van der Waals surface area contributed by atoms with E-state index in [1.165, 1.54) is 25.7 Å². The molecule has 3 atom stereocenters. The highest BCUT2D eigenvalue weighted by atomic mass is 32.2. The molecule has 0 radical (unpaired) electrons. The summed E-state index contributed by atoms with van der Waals surface area (Å²) in [4.78, 5) is 68.8. The van der Waals surface area contributed by atoms with Crippen molar-refractivity contribution in [1.82, 2.24) is 20.9 Å². The van der Waals surface area contributed by atoms with Crippen molar-refractivity contribution in [3.63, 3.8) is 0 Å². The Balaban J connectivity index is 2.63. The van der Waals surface area contributed by atoms with Gasteiger partial charge in [0.25, 0.3) is 0 Å². The first kappa shape index (κ1) is 30.4. The van der Waals surface area contributed by atoms with Gasteiger partial charge >= 0.3 is 13.7 Å². The van der Waals surface area contributed by atoms with Crippen molar-refractivity contribution < 1.29 is 38.3 Å². The summed E-state index contributed by atoms with van der Waals surface area (Å²) in [6.45, 7) is 2.19. The SMILES string of the molecule is CSCC[C@H](NC(=O)CN(C)C(=O)OCc1ccccc1)C(=O)N[C@@H](C)C(=O)N[C@@H](C)P(=O)(O)O. The lowest BCUT2D eigenvalue weighted by atomic mass is 10.2. The second-order valence-corrected chi connectivity index (χ2v) is 10.7. The van der Waals surface area contributed by atoms with Gasteiger partial charge in [-0.15, -0.1) is 0 Å². The minimum atomic E-state index is -4.53. The summed E-state index contributed by atoms with van der Waals surface area (Å²) in [6, 6.07) is 6.94. The monoisotopic (exact) mass is 532 g/mol. The standard InChI is InChI=1S/C21H33N4O8PS/c1-14(19(27)23-15(2)34(30,31)32)22-20(28)17(10-11-35-4)24-18(26)12-25(3)21(29)33-13-16-8-6-5-7-9-16/h5-9,14-15,17H,10-13H2,1-4H3,(H,22,28)(H,23,27)(H,24,26)(H2,30,31,32)/t14-,15+,17-/m0/s1. The Morgan fingerprint density at radius 3 is 2.26 bits per heavy atom. The van der Waals surface area contributed by atoms with Crippen LogP contribution in [-0.2, 0) is 30.3 Å². The molecule has 0 aromatic heterocycles. The van der Waals surface area contributed by atoms with E-state index in [1.54, 1.807) is 12.1 Å². The number of carbonyl (C=O) groups is 4. The molecule has 12 nitrogen and oxygen atoms in total. The van der Waals surface area contributed by atoms with Crippen molar-refractivity contribution >= 4 is 43.2 Å². The van der Waals surface area contributed by atoms with Crippen molar-refractivity contribution in [2.75, 3.05) is 25.6 Å². The maximum atomic E-state index is 12.7. The van der Waals surface area contributed by atoms with E-state index in [4.69, 9.17) is 14.5 Å². The fourth-order valence-electron chi connectivity index (χ4n) is 2.65. The Kier molecular flexibility index (Phi) is 12.8. The smallest absolute Gasteiger partial charge is 0.410 e. The molecule has 0 bridgehead atoms. The maximum Gasteiger partial charge on any atom is 0.410 e. The number of ether oxygens (including phenoxy) is 1. The lowest BCUT2D eigenvalue weighted by Gasteiger charge is -2.23. The van der Waals surface area contributed by atoms with E-state index in [-0.39, 0.29) is 19.6 Å². The van der Waals surface area contributed by atoms with E-state index in [0.717, 1.165) is 17.4 Å². The minimum absolute atomic E-state index is 0.0466. The van der Waals surface area contributed by atoms with Crippen molar-refractivity contribution in [3.05, 3.63) is 35.9 Å². The number of nitrogens with zero attached hydrogens (tertiary/aromatic N) is 1. The highest BCUT2D eigenvalue weighted by molar-refractivity contribution is 7.98. The van der Waals surface area contributed by atoms with Crippen molar-refractivity contribution in [2.45, 2.75) is 44.7 Å². The van der Waals surface area contributed by atoms with Crippen LogP contribution >= 0.6 is 19.4 Å². The van der Waals surface area contributed by atoms with Crippen LogP contribution in [0.25, 0.3) is 0 Å². The molecule has 1 rings (SSSR count). The van der Waals surface area contributed by atoms with Crippen LogP contribution in [0.4, 0.5) is 4.79 Å². The zero-order chi connectivity index (χ0) is 26.6. The van der Waals surface area contributed by atoms with Gasteiger partial charge in [0.05, 0.1) is 0 Å². The maximum absolute atomic E-state index is 12.7. The molecular formula is C21H33N4O8PS. The van der Waals surface area contributed by atoms with Gasteiger partial charge in [0.1, 0.15) is 31.0 Å². The largest absolute Gasteiger partial charge is 0.445 e. The normalized spacial score (nSPS) is 13.7. The molecule has 0 unspecified atom stereocenters. The van der Waals surface area contributed by atoms with Crippen LogP contribution < -0.4 is 16.0 Å². The Bertz CT molecular complexity index is 914. The number of likely N-dealkylation sites (N-methyl/N-ethyl adjacent to an activating group) is 1. The summed E-state index contributed by atoms with van der Waals surface area (Å²) in [7, 11) is -3.14. The first-order chi connectivity index (χ1) is 16.3. The number of thioether (sulfide) groups is 1. The van der Waals surface area contributed by atoms with Crippen LogP contribution in [0.2, 0.25) is 0 Å². The number of carbonyl (C=O) groups excluding carboxylic acids is 4. The van der Waals surface area contributed by atoms with E-state index in [1.807, 2.05) is 24.5 Å². The topological polar surface area (TPSA) is 174 Å². The van der Waals surface area contributed by atoms with Crippen molar-refractivity contribution in [1.29, 1.82) is 0 Å². The molecule has 0 spiro atoms. The van der Waals surface area contributed by atoms with Gasteiger partial charge in [0.15, 0.2) is 0 Å². The van der Waals surface area contributed by atoms with Gasteiger partial charge < -0.3 is 35.4 Å². The fraction of sp³-hybridized carbons (Fsp3) is 0.524. The zero-order valence-corrected chi connectivity index (χ0v) is 21.8. The van der Waals surface area contributed by atoms with Crippen LogP contribution in [0.3, 0.4) is 0 Å². The van der Waals surface area contributed by atoms with E-state index in [9.17, 15) is 23.7 Å². The third-order valence-corrected chi connectivity index (χ3v) is 6.55. The Morgan fingerprint density at radius 2 is 1.69 bits per heavy atom. The first-order valence-electron chi connectivity index (χ1n) is 10.7. The molecule has 0 fully saturated rings. The Labute approximate surface area is 208 Å². The predicted molar refractivity (Wildman–Crippen MR) is 131 cm³/mol. The van der Waals surface area contributed by atoms with Crippen LogP contribution in [0, 0.1) is 0 Å². The summed E-state index contributed by atoms with van der Waals surface area (Å²) >= 11 is 1.45. The third-order valence-electron chi connectivity index (χ3n) is 4.77. The number of benzene rings is 1. The van der Waals surface area contributed by atoms with Gasteiger partial charge in [-0.25, -0.2) is 4.79 Å². The molecule has 5 N–H and O–H groups in total. The van der Waals surface area contributed by atoms with Gasteiger partial charge in [0, 0.05) is 7.05 Å². The van der Waals surface area contributed by atoms with Gasteiger partial charge in [-0.3, -0.25) is 18.9 Å². The molecule has 196 valence electrons. The average Bonchev–Trinajstić information content (AvgIpc) is 2.79. The van der Waals surface area contributed by atoms with Gasteiger partial charge in [-0.2, -0.15) is 11.8 Å². The van der Waals surface area contributed by atoms with Crippen molar-refractivity contribution in [2.24, 2.45) is 0 Å². The quantitative estimate of drug-likeness (QED) is 0.228. The number of hydrogen-bond donors (Lipinski definition) is 5. The number of amides is 4. The molecule has 35 heavy (non-hydrogen) atoms. The minimum Gasteiger partial charge on any atom is -0.445 e. The molecule has 1 aromatic rings. The molecule has 0 aliphatic heterocycles. The predicted octanol–water partition coefficient (Wildman–Crippen LogP) is 0.638. The molecule has 0 heterocycles. The van der Waals surface area contributed by atoms with Crippen LogP contribution in [0.1, 0.15) is 25.8 Å². The fourth-order valence-corrected chi connectivity index (χ4v) is 3.42. The number of hydrogen-bond acceptors (Lipinski definition) is 7. The average molecular weight is 533 g/mol. The van der Waals surface area contributed by atoms with E-state index < -0.39 is 49.3 Å². The summed E-state index contributed by atoms with van der Waals surface area (Å²) < 4.78 is 16.4. The van der Waals surface area contributed by atoms with E-state index >= 15 is 0 Å². The number of nitrogens with one attached hydrogen (secondary N) is 3. The Morgan fingerprint density at radius 1 is 1.06 bits per heavy atom. The molecular weight excluding hydrogens is 499 g/mol. The van der Waals surface area contributed by atoms with Crippen LogP contribution in [0.15, 0.2) is 30.3 Å². The second-order valence-electron chi connectivity index (χ2n) is 7.80. The molecule has 0 aliphatic carbocycles. The molecule has 4 amide bonds. The zero-order valence-electron chi connectivity index (χ0n) is 20.1. The van der Waals surface area contributed by atoms with Gasteiger partial charge in [0.2, 0.25) is 17.7 Å². The Hall–Kier alpha value is -2.60. The van der Waals surface area contributed by atoms with Crippen molar-refractivity contribution in [3.8, 4) is 0 Å². The molecule has 0 saturated heterocycles. The van der Waals surface area contributed by atoms with Gasteiger partial charge in [-0.1, -0.05) is 30.3 Å². The summed E-state index contributed by atoms with van der Waals surface area (Å²) in [5.41, 5.74) is 0.792. The molecule has 0 aliphatic rings. The first-order valence-corrected chi connectivity index (χ1v) is 13.8. The second kappa shape index (κ2) is 14.7. The molecule has 0 saturated carbocycles. The molecule has 1 aromatic carbocycles. The number of rotatable bonds is 13. The lowest BCUT2D eigenvalue weighted by molar-refractivity contribution is -0.132. The van der Waals surface area contributed by atoms with Gasteiger partial charge in [-0.05, 0) is 37.8 Å². The third kappa shape index (κ3) is 11.6. The lowest BCUT2D eigenvalue weighted by Crippen LogP contribution is -2.54. The van der Waals surface area contributed by atoms with Crippen LogP contribution in [0.5, 0.6) is 0 Å². The summed E-state index contributed by atoms with van der Waals surface area (Å²) in [6.07, 6.45) is 1.37. The highest BCUT2D eigenvalue weighted by Crippen LogP contribution is 2.39. The summed E-state index contributed by atoms with van der Waals surface area (Å²) in [5, 5.41) is 7.13. The van der Waals surface area contributed by atoms with E-state index in [0.29, 0.717) is 5.75 Å². The highest BCUT2D eigenvalue weighted by Gasteiger charge is 2.29. The van der Waals surface area contributed by atoms with E-state index in [2.05, 4.69) is 16.0 Å². The van der Waals surface area contributed by atoms with Crippen LogP contribution in [-0.4, -0.2) is 82.0 Å². The summed E-state index contributed by atoms with van der Waals surface area (Å²) in [5.74, 6) is -2.92. The molecule has 14 heteroatoms.